The third-order valence-corrected chi connectivity index (χ3v) is 4.66. The number of benzene rings is 3. The summed E-state index contributed by atoms with van der Waals surface area (Å²) in [4.78, 5) is 19.5. The molecular weight excluding hydrogens is 338 g/mol. The molecule has 4 N–H and O–H groups in total. The van der Waals surface area contributed by atoms with Gasteiger partial charge < -0.3 is 10.7 Å². The second kappa shape index (κ2) is 5.81. The van der Waals surface area contributed by atoms with Gasteiger partial charge in [-0.25, -0.2) is 4.98 Å². The Kier molecular flexibility index (Phi) is 3.30. The largest absolute Gasteiger partial charge is 0.366 e. The number of imidazole rings is 1. The lowest BCUT2D eigenvalue weighted by Crippen LogP contribution is -2.10. The van der Waals surface area contributed by atoms with Crippen LogP contribution in [0.15, 0.2) is 66.7 Å². The molecule has 0 atom stereocenters. The van der Waals surface area contributed by atoms with Crippen molar-refractivity contribution in [1.82, 2.24) is 20.2 Å². The van der Waals surface area contributed by atoms with Gasteiger partial charge in [0.05, 0.1) is 16.6 Å². The van der Waals surface area contributed by atoms with Gasteiger partial charge in [-0.15, -0.1) is 0 Å². The summed E-state index contributed by atoms with van der Waals surface area (Å²) >= 11 is 0. The van der Waals surface area contributed by atoms with E-state index >= 15 is 0 Å². The summed E-state index contributed by atoms with van der Waals surface area (Å²) < 4.78 is 0. The summed E-state index contributed by atoms with van der Waals surface area (Å²) in [5.74, 6) is 0.171. The maximum absolute atomic E-state index is 11.5. The van der Waals surface area contributed by atoms with Crippen molar-refractivity contribution in [2.45, 2.75) is 0 Å². The number of aromatic amines is 2. The van der Waals surface area contributed by atoms with Crippen molar-refractivity contribution in [3.63, 3.8) is 0 Å². The monoisotopic (exact) mass is 353 g/mol. The SMILES string of the molecule is NC(=O)c1ccc2[nH]nc(-c3nc4ccc(-c5ccccc5)cc4[nH]3)c2c1. The number of nitrogens with one attached hydrogen (secondary N) is 2. The molecule has 130 valence electrons. The lowest BCUT2D eigenvalue weighted by molar-refractivity contribution is 0.100. The average molecular weight is 353 g/mol. The molecule has 2 heterocycles. The van der Waals surface area contributed by atoms with Crippen molar-refractivity contribution in [2.75, 3.05) is 0 Å². The van der Waals surface area contributed by atoms with Crippen molar-refractivity contribution < 1.29 is 4.79 Å². The standard InChI is InChI=1S/C21H15N5O/c22-20(27)14-7-8-16-15(10-14)19(26-25-16)21-23-17-9-6-13(11-18(17)24-21)12-4-2-1-3-5-12/h1-11H,(H2,22,27)(H,23,24)(H,25,26). The van der Waals surface area contributed by atoms with Gasteiger partial charge >= 0.3 is 0 Å². The first kappa shape index (κ1) is 15.3. The predicted molar refractivity (Wildman–Crippen MR) is 105 cm³/mol. The highest BCUT2D eigenvalue weighted by atomic mass is 16.1. The fourth-order valence-electron chi connectivity index (χ4n) is 3.28. The van der Waals surface area contributed by atoms with Crippen LogP contribution in [0.2, 0.25) is 0 Å². The molecule has 0 unspecified atom stereocenters. The van der Waals surface area contributed by atoms with E-state index in [1.807, 2.05) is 24.3 Å². The Morgan fingerprint density at radius 2 is 1.74 bits per heavy atom. The molecule has 0 aliphatic carbocycles. The highest BCUT2D eigenvalue weighted by molar-refractivity contribution is 6.00. The number of nitrogens with zero attached hydrogens (tertiary/aromatic N) is 2. The average Bonchev–Trinajstić information content (AvgIpc) is 3.31. The van der Waals surface area contributed by atoms with Gasteiger partial charge in [-0.2, -0.15) is 5.10 Å². The number of fused-ring (bicyclic) bond motifs is 2. The first-order valence-electron chi connectivity index (χ1n) is 8.52. The number of nitrogens with two attached hydrogens (primary N) is 1. The number of rotatable bonds is 3. The summed E-state index contributed by atoms with van der Waals surface area (Å²) in [5, 5.41) is 8.14. The van der Waals surface area contributed by atoms with Crippen LogP contribution in [0.4, 0.5) is 0 Å². The summed E-state index contributed by atoms with van der Waals surface area (Å²) in [7, 11) is 0. The first-order valence-corrected chi connectivity index (χ1v) is 8.52. The van der Waals surface area contributed by atoms with Crippen molar-refractivity contribution in [2.24, 2.45) is 5.73 Å². The van der Waals surface area contributed by atoms with Crippen LogP contribution in [0, 0.1) is 0 Å². The minimum atomic E-state index is -0.471. The molecular formula is C21H15N5O. The van der Waals surface area contributed by atoms with Crippen molar-refractivity contribution >= 4 is 27.8 Å². The van der Waals surface area contributed by atoms with Crippen LogP contribution in [-0.2, 0) is 0 Å². The normalized spacial score (nSPS) is 11.3. The van der Waals surface area contributed by atoms with E-state index in [2.05, 4.69) is 44.4 Å². The lowest BCUT2D eigenvalue weighted by Gasteiger charge is -2.00. The molecule has 6 nitrogen and oxygen atoms in total. The molecule has 0 aliphatic rings. The van der Waals surface area contributed by atoms with E-state index < -0.39 is 5.91 Å². The topological polar surface area (TPSA) is 100 Å². The quantitative estimate of drug-likeness (QED) is 0.459. The molecule has 0 saturated heterocycles. The van der Waals surface area contributed by atoms with Gasteiger partial charge in [0.25, 0.3) is 0 Å². The van der Waals surface area contributed by atoms with Crippen LogP contribution in [0.5, 0.6) is 0 Å². The zero-order valence-corrected chi connectivity index (χ0v) is 14.2. The molecule has 0 fully saturated rings. The number of primary amides is 1. The minimum absolute atomic E-state index is 0.438. The molecule has 6 heteroatoms. The maximum atomic E-state index is 11.5. The van der Waals surface area contributed by atoms with E-state index in [1.54, 1.807) is 18.2 Å². The number of hydrogen-bond donors (Lipinski definition) is 3. The summed E-state index contributed by atoms with van der Waals surface area (Å²) in [5.41, 5.74) is 11.4. The van der Waals surface area contributed by atoms with E-state index in [0.29, 0.717) is 17.1 Å². The van der Waals surface area contributed by atoms with Gasteiger partial charge in [0.1, 0.15) is 5.69 Å². The Labute approximate surface area is 154 Å². The van der Waals surface area contributed by atoms with Crippen LogP contribution in [0.3, 0.4) is 0 Å². The summed E-state index contributed by atoms with van der Waals surface area (Å²) in [6, 6.07) is 21.5. The van der Waals surface area contributed by atoms with Crippen LogP contribution in [-0.4, -0.2) is 26.1 Å². The fourth-order valence-corrected chi connectivity index (χ4v) is 3.28. The number of H-pyrrole nitrogens is 2. The predicted octanol–water partition coefficient (Wildman–Crippen LogP) is 3.87. The second-order valence-corrected chi connectivity index (χ2v) is 6.38. The Hall–Kier alpha value is -3.93. The van der Waals surface area contributed by atoms with Crippen LogP contribution >= 0.6 is 0 Å². The summed E-state index contributed by atoms with van der Waals surface area (Å²) in [6.45, 7) is 0. The third-order valence-electron chi connectivity index (χ3n) is 4.66. The Bertz CT molecular complexity index is 1300. The molecule has 0 saturated carbocycles. The molecule has 27 heavy (non-hydrogen) atoms. The maximum Gasteiger partial charge on any atom is 0.248 e. The smallest absolute Gasteiger partial charge is 0.248 e. The van der Waals surface area contributed by atoms with E-state index in [4.69, 9.17) is 5.73 Å². The van der Waals surface area contributed by atoms with Crippen LogP contribution in [0.25, 0.3) is 44.6 Å². The fraction of sp³-hybridized carbons (Fsp3) is 0. The van der Waals surface area contributed by atoms with Gasteiger partial charge in [0.15, 0.2) is 5.82 Å². The van der Waals surface area contributed by atoms with E-state index in [9.17, 15) is 4.79 Å². The number of carbonyl (C=O) groups excluding carboxylic acids is 1. The van der Waals surface area contributed by atoms with Crippen LogP contribution in [0.1, 0.15) is 10.4 Å². The molecule has 1 amide bonds. The van der Waals surface area contributed by atoms with E-state index in [0.717, 1.165) is 33.1 Å². The Morgan fingerprint density at radius 3 is 2.56 bits per heavy atom. The Balaban J connectivity index is 1.64. The van der Waals surface area contributed by atoms with Gasteiger partial charge in [-0.05, 0) is 41.5 Å². The molecule has 0 radical (unpaired) electrons. The van der Waals surface area contributed by atoms with E-state index in [1.165, 1.54) is 0 Å². The minimum Gasteiger partial charge on any atom is -0.366 e. The first-order chi connectivity index (χ1) is 13.2. The molecule has 3 aromatic carbocycles. The molecule has 5 aromatic rings. The van der Waals surface area contributed by atoms with Crippen LogP contribution < -0.4 is 5.73 Å². The van der Waals surface area contributed by atoms with Crippen molar-refractivity contribution in [1.29, 1.82) is 0 Å². The number of aromatic nitrogens is 4. The van der Waals surface area contributed by atoms with Gasteiger partial charge in [0, 0.05) is 10.9 Å². The summed E-state index contributed by atoms with van der Waals surface area (Å²) in [6.07, 6.45) is 0. The van der Waals surface area contributed by atoms with Gasteiger partial charge in [0.2, 0.25) is 5.91 Å². The van der Waals surface area contributed by atoms with Crippen molar-refractivity contribution in [3.8, 4) is 22.6 Å². The number of carbonyl (C=O) groups is 1. The van der Waals surface area contributed by atoms with E-state index in [-0.39, 0.29) is 0 Å². The number of hydrogen-bond acceptors (Lipinski definition) is 3. The molecule has 0 bridgehead atoms. The highest BCUT2D eigenvalue weighted by Gasteiger charge is 2.14. The second-order valence-electron chi connectivity index (χ2n) is 6.38. The lowest BCUT2D eigenvalue weighted by atomic mass is 10.1. The third kappa shape index (κ3) is 2.55. The molecule has 5 rings (SSSR count). The molecule has 2 aromatic heterocycles. The van der Waals surface area contributed by atoms with Gasteiger partial charge in [-0.1, -0.05) is 36.4 Å². The molecule has 0 spiro atoms. The highest BCUT2D eigenvalue weighted by Crippen LogP contribution is 2.29. The Morgan fingerprint density at radius 1 is 0.889 bits per heavy atom. The van der Waals surface area contributed by atoms with Crippen molar-refractivity contribution in [3.05, 3.63) is 72.3 Å². The van der Waals surface area contributed by atoms with Gasteiger partial charge in [-0.3, -0.25) is 9.89 Å². The zero-order valence-electron chi connectivity index (χ0n) is 14.2. The zero-order chi connectivity index (χ0) is 18.4. The molecule has 0 aliphatic heterocycles. The number of amides is 1.